The molecule has 0 aliphatic carbocycles. The summed E-state index contributed by atoms with van der Waals surface area (Å²) in [6, 6.07) is 2.57. The van der Waals surface area contributed by atoms with Gasteiger partial charge in [0.25, 0.3) is 0 Å². The SMILES string of the molecule is Fc1ccc(Br)c(CBr)c1F. The molecule has 0 aliphatic rings. The molecule has 0 spiro atoms. The molecular weight excluding hydrogens is 282 g/mol. The maximum absolute atomic E-state index is 12.8. The zero-order valence-corrected chi connectivity index (χ0v) is 8.55. The molecule has 0 aromatic heterocycles. The molecule has 0 N–H and O–H groups in total. The molecule has 0 unspecified atom stereocenters. The molecule has 0 saturated heterocycles. The molecular formula is C7H4Br2F2. The molecule has 1 aromatic carbocycles. The highest BCUT2D eigenvalue weighted by Crippen LogP contribution is 2.23. The van der Waals surface area contributed by atoms with Crippen molar-refractivity contribution in [1.29, 1.82) is 0 Å². The zero-order valence-electron chi connectivity index (χ0n) is 5.37. The van der Waals surface area contributed by atoms with Crippen LogP contribution in [0.25, 0.3) is 0 Å². The average molecular weight is 286 g/mol. The van der Waals surface area contributed by atoms with Gasteiger partial charge in [0.1, 0.15) is 0 Å². The van der Waals surface area contributed by atoms with Crippen molar-refractivity contribution in [2.75, 3.05) is 0 Å². The van der Waals surface area contributed by atoms with E-state index >= 15 is 0 Å². The van der Waals surface area contributed by atoms with Gasteiger partial charge in [-0.15, -0.1) is 0 Å². The largest absolute Gasteiger partial charge is 0.204 e. The highest BCUT2D eigenvalue weighted by Gasteiger charge is 2.09. The first-order valence-corrected chi connectivity index (χ1v) is 4.76. The van der Waals surface area contributed by atoms with Crippen LogP contribution in [0.1, 0.15) is 5.56 Å². The van der Waals surface area contributed by atoms with Crippen LogP contribution in [0.5, 0.6) is 0 Å². The maximum atomic E-state index is 12.8. The number of hydrogen-bond acceptors (Lipinski definition) is 0. The van der Waals surface area contributed by atoms with E-state index in [1.807, 2.05) is 0 Å². The molecule has 4 heteroatoms. The van der Waals surface area contributed by atoms with Gasteiger partial charge in [-0.3, -0.25) is 0 Å². The molecule has 0 heterocycles. The second-order valence-corrected chi connectivity index (χ2v) is 3.37. The lowest BCUT2D eigenvalue weighted by Gasteiger charge is -2.01. The van der Waals surface area contributed by atoms with E-state index in [1.165, 1.54) is 6.07 Å². The highest BCUT2D eigenvalue weighted by molar-refractivity contribution is 9.10. The molecule has 0 fully saturated rings. The second-order valence-electron chi connectivity index (χ2n) is 1.96. The molecule has 1 aromatic rings. The maximum Gasteiger partial charge on any atom is 0.163 e. The van der Waals surface area contributed by atoms with Crippen molar-refractivity contribution in [2.24, 2.45) is 0 Å². The minimum atomic E-state index is -0.817. The van der Waals surface area contributed by atoms with E-state index in [9.17, 15) is 8.78 Å². The van der Waals surface area contributed by atoms with Crippen LogP contribution in [0.3, 0.4) is 0 Å². The van der Waals surface area contributed by atoms with Gasteiger partial charge in [-0.1, -0.05) is 31.9 Å². The summed E-state index contributed by atoms with van der Waals surface area (Å²) in [5.41, 5.74) is 0.310. The number of rotatable bonds is 1. The fraction of sp³-hybridized carbons (Fsp3) is 0.143. The average Bonchev–Trinajstić information content (AvgIpc) is 1.99. The highest BCUT2D eigenvalue weighted by atomic mass is 79.9. The Morgan fingerprint density at radius 2 is 1.91 bits per heavy atom. The molecule has 0 atom stereocenters. The summed E-state index contributed by atoms with van der Waals surface area (Å²) in [6.07, 6.45) is 0. The Labute approximate surface area is 79.9 Å². The van der Waals surface area contributed by atoms with Crippen molar-refractivity contribution in [2.45, 2.75) is 5.33 Å². The first-order chi connectivity index (χ1) is 5.16. The van der Waals surface area contributed by atoms with Crippen molar-refractivity contribution in [1.82, 2.24) is 0 Å². The third kappa shape index (κ3) is 1.79. The minimum absolute atomic E-state index is 0.303. The van der Waals surface area contributed by atoms with Gasteiger partial charge in [-0.05, 0) is 12.1 Å². The second kappa shape index (κ2) is 3.63. The number of alkyl halides is 1. The summed E-state index contributed by atoms with van der Waals surface area (Å²) in [5.74, 6) is -1.61. The Morgan fingerprint density at radius 1 is 1.27 bits per heavy atom. The topological polar surface area (TPSA) is 0 Å². The Kier molecular flexibility index (Phi) is 3.01. The van der Waals surface area contributed by atoms with Crippen molar-refractivity contribution >= 4 is 31.9 Å². The summed E-state index contributed by atoms with van der Waals surface area (Å²) in [6.45, 7) is 0. The van der Waals surface area contributed by atoms with Crippen LogP contribution in [0.15, 0.2) is 16.6 Å². The van der Waals surface area contributed by atoms with Gasteiger partial charge in [-0.2, -0.15) is 0 Å². The van der Waals surface area contributed by atoms with Gasteiger partial charge in [0.2, 0.25) is 0 Å². The number of benzene rings is 1. The van der Waals surface area contributed by atoms with Gasteiger partial charge < -0.3 is 0 Å². The zero-order chi connectivity index (χ0) is 8.43. The van der Waals surface area contributed by atoms with E-state index in [0.29, 0.717) is 15.4 Å². The van der Waals surface area contributed by atoms with Gasteiger partial charge in [-0.25, -0.2) is 8.78 Å². The molecule has 0 bridgehead atoms. The van der Waals surface area contributed by atoms with Crippen LogP contribution in [-0.4, -0.2) is 0 Å². The van der Waals surface area contributed by atoms with Crippen molar-refractivity contribution in [3.05, 3.63) is 33.8 Å². The summed E-state index contributed by atoms with van der Waals surface area (Å²) in [4.78, 5) is 0. The van der Waals surface area contributed by atoms with Crippen LogP contribution in [0.4, 0.5) is 8.78 Å². The Morgan fingerprint density at radius 3 is 2.36 bits per heavy atom. The quantitative estimate of drug-likeness (QED) is 0.546. The lowest BCUT2D eigenvalue weighted by atomic mass is 10.2. The fourth-order valence-corrected chi connectivity index (χ4v) is 2.06. The van der Waals surface area contributed by atoms with Gasteiger partial charge >= 0.3 is 0 Å². The standard InChI is InChI=1S/C7H4Br2F2/c8-3-4-5(9)1-2-6(10)7(4)11/h1-2H,3H2. The molecule has 11 heavy (non-hydrogen) atoms. The normalized spacial score (nSPS) is 10.2. The van der Waals surface area contributed by atoms with Crippen LogP contribution in [-0.2, 0) is 5.33 Å². The van der Waals surface area contributed by atoms with Gasteiger partial charge in [0, 0.05) is 15.4 Å². The minimum Gasteiger partial charge on any atom is -0.204 e. The van der Waals surface area contributed by atoms with Gasteiger partial charge in [0.05, 0.1) is 0 Å². The van der Waals surface area contributed by atoms with Gasteiger partial charge in [0.15, 0.2) is 11.6 Å². The third-order valence-corrected chi connectivity index (χ3v) is 2.58. The van der Waals surface area contributed by atoms with E-state index in [4.69, 9.17) is 0 Å². The molecule has 1 rings (SSSR count). The fourth-order valence-electron chi connectivity index (χ4n) is 0.692. The van der Waals surface area contributed by atoms with Crippen molar-refractivity contribution < 1.29 is 8.78 Å². The predicted octanol–water partition coefficient (Wildman–Crippen LogP) is 3.62. The lowest BCUT2D eigenvalue weighted by molar-refractivity contribution is 0.502. The number of halogens is 4. The van der Waals surface area contributed by atoms with Crippen LogP contribution in [0, 0.1) is 11.6 Å². The van der Waals surface area contributed by atoms with E-state index in [0.717, 1.165) is 6.07 Å². The molecule has 0 amide bonds. The monoisotopic (exact) mass is 284 g/mol. The van der Waals surface area contributed by atoms with Crippen molar-refractivity contribution in [3.8, 4) is 0 Å². The molecule has 60 valence electrons. The van der Waals surface area contributed by atoms with E-state index < -0.39 is 11.6 Å². The molecule has 0 saturated carbocycles. The Bertz CT molecular complexity index is 273. The number of hydrogen-bond donors (Lipinski definition) is 0. The van der Waals surface area contributed by atoms with Crippen molar-refractivity contribution in [3.63, 3.8) is 0 Å². The third-order valence-electron chi connectivity index (χ3n) is 1.27. The predicted molar refractivity (Wildman–Crippen MR) is 46.7 cm³/mol. The summed E-state index contributed by atoms with van der Waals surface area (Å²) < 4.78 is 25.9. The Hall–Kier alpha value is 0.0400. The summed E-state index contributed by atoms with van der Waals surface area (Å²) in [7, 11) is 0. The first kappa shape index (κ1) is 9.13. The van der Waals surface area contributed by atoms with E-state index in [1.54, 1.807) is 0 Å². The van der Waals surface area contributed by atoms with Crippen LogP contribution >= 0.6 is 31.9 Å². The van der Waals surface area contributed by atoms with E-state index in [2.05, 4.69) is 31.9 Å². The Balaban J connectivity index is 3.29. The lowest BCUT2D eigenvalue weighted by Crippen LogP contribution is -1.91. The smallest absolute Gasteiger partial charge is 0.163 e. The first-order valence-electron chi connectivity index (χ1n) is 2.85. The summed E-state index contributed by atoms with van der Waals surface area (Å²) >= 11 is 6.16. The molecule has 0 aliphatic heterocycles. The van der Waals surface area contributed by atoms with E-state index in [-0.39, 0.29) is 0 Å². The van der Waals surface area contributed by atoms with Crippen LogP contribution in [0.2, 0.25) is 0 Å². The molecule has 0 radical (unpaired) electrons. The van der Waals surface area contributed by atoms with Crippen LogP contribution < -0.4 is 0 Å². The summed E-state index contributed by atoms with van der Waals surface area (Å²) in [5, 5.41) is 0.303. The molecule has 0 nitrogen and oxygen atoms in total.